The van der Waals surface area contributed by atoms with Crippen molar-refractivity contribution in [1.82, 2.24) is 0 Å². The first kappa shape index (κ1) is 11.0. The molecule has 3 unspecified atom stereocenters. The third kappa shape index (κ3) is 2.04. The molecule has 0 aliphatic heterocycles. The van der Waals surface area contributed by atoms with Crippen molar-refractivity contribution in [2.24, 2.45) is 23.7 Å². The summed E-state index contributed by atoms with van der Waals surface area (Å²) in [6, 6.07) is 0. The second-order valence-electron chi connectivity index (χ2n) is 5.84. The summed E-state index contributed by atoms with van der Waals surface area (Å²) in [6.07, 6.45) is 9.04. The molecule has 2 aliphatic rings. The molecule has 0 saturated heterocycles. The number of fused-ring (bicyclic) bond motifs is 1. The Morgan fingerprint density at radius 2 is 2.00 bits per heavy atom. The summed E-state index contributed by atoms with van der Waals surface area (Å²) in [6.45, 7) is 9.45. The molecular formula is C15H24. The van der Waals surface area contributed by atoms with Gasteiger partial charge in [0.25, 0.3) is 0 Å². The minimum absolute atomic E-state index is 0.817. The molecule has 3 atom stereocenters. The molecule has 0 bridgehead atoms. The normalized spacial score (nSPS) is 35.9. The highest BCUT2D eigenvalue weighted by atomic mass is 14.4. The largest absolute Gasteiger partial charge is 0.0810 e. The molecule has 2 aliphatic carbocycles. The Hall–Kier alpha value is -0.520. The fraction of sp³-hybridized carbons (Fsp3) is 0.733. The monoisotopic (exact) mass is 204 g/mol. The minimum Gasteiger partial charge on any atom is -0.0810 e. The summed E-state index contributed by atoms with van der Waals surface area (Å²) in [4.78, 5) is 0. The zero-order valence-corrected chi connectivity index (χ0v) is 10.6. The van der Waals surface area contributed by atoms with Crippen LogP contribution in [0.25, 0.3) is 0 Å². The van der Waals surface area contributed by atoms with E-state index < -0.39 is 0 Å². The average molecular weight is 204 g/mol. The Bertz CT molecular complexity index is 293. The van der Waals surface area contributed by atoms with Crippen LogP contribution in [0.2, 0.25) is 0 Å². The predicted molar refractivity (Wildman–Crippen MR) is 66.7 cm³/mol. The zero-order valence-electron chi connectivity index (χ0n) is 10.6. The molecule has 1 fully saturated rings. The van der Waals surface area contributed by atoms with Crippen LogP contribution in [0.5, 0.6) is 0 Å². The fourth-order valence-corrected chi connectivity index (χ4v) is 3.35. The maximum absolute atomic E-state index is 2.48. The predicted octanol–water partition coefficient (Wildman–Crippen LogP) is 4.58. The first-order valence-corrected chi connectivity index (χ1v) is 6.48. The zero-order chi connectivity index (χ0) is 11.0. The summed E-state index contributed by atoms with van der Waals surface area (Å²) in [5, 5.41) is 0. The summed E-state index contributed by atoms with van der Waals surface area (Å²) in [7, 11) is 0. The van der Waals surface area contributed by atoms with Gasteiger partial charge in [-0.2, -0.15) is 0 Å². The van der Waals surface area contributed by atoms with Crippen molar-refractivity contribution in [3.63, 3.8) is 0 Å². The van der Waals surface area contributed by atoms with Crippen LogP contribution >= 0.6 is 0 Å². The molecule has 2 rings (SSSR count). The van der Waals surface area contributed by atoms with E-state index >= 15 is 0 Å². The lowest BCUT2D eigenvalue weighted by Crippen LogP contribution is -2.30. The van der Waals surface area contributed by atoms with Gasteiger partial charge >= 0.3 is 0 Å². The van der Waals surface area contributed by atoms with E-state index in [2.05, 4.69) is 39.8 Å². The molecule has 0 aromatic heterocycles. The molecule has 84 valence electrons. The molecule has 0 aromatic carbocycles. The van der Waals surface area contributed by atoms with Crippen molar-refractivity contribution in [2.45, 2.75) is 47.0 Å². The van der Waals surface area contributed by atoms with Crippen molar-refractivity contribution >= 4 is 0 Å². The van der Waals surface area contributed by atoms with Crippen molar-refractivity contribution in [3.05, 3.63) is 23.3 Å². The van der Waals surface area contributed by atoms with Crippen LogP contribution in [0.15, 0.2) is 23.3 Å². The lowest BCUT2D eigenvalue weighted by molar-refractivity contribution is 0.236. The molecule has 0 N–H and O–H groups in total. The third-order valence-corrected chi connectivity index (χ3v) is 4.37. The molecule has 0 aromatic rings. The number of rotatable bonds is 1. The average Bonchev–Trinajstić information content (AvgIpc) is 2.17. The van der Waals surface area contributed by atoms with E-state index in [0.29, 0.717) is 0 Å². The van der Waals surface area contributed by atoms with E-state index in [1.165, 1.54) is 24.8 Å². The van der Waals surface area contributed by atoms with Crippen molar-refractivity contribution in [2.75, 3.05) is 0 Å². The van der Waals surface area contributed by atoms with E-state index in [4.69, 9.17) is 0 Å². The molecule has 0 heteroatoms. The highest BCUT2D eigenvalue weighted by Crippen LogP contribution is 2.45. The van der Waals surface area contributed by atoms with Crippen molar-refractivity contribution < 1.29 is 0 Å². The van der Waals surface area contributed by atoms with E-state index in [1.54, 1.807) is 5.57 Å². The van der Waals surface area contributed by atoms with Gasteiger partial charge in [0.05, 0.1) is 0 Å². The molecule has 15 heavy (non-hydrogen) atoms. The lowest BCUT2D eigenvalue weighted by atomic mass is 9.65. The number of hydrogen-bond acceptors (Lipinski definition) is 0. The van der Waals surface area contributed by atoms with E-state index in [9.17, 15) is 0 Å². The molecule has 0 heterocycles. The summed E-state index contributed by atoms with van der Waals surface area (Å²) in [5.41, 5.74) is 3.25. The Morgan fingerprint density at radius 1 is 1.27 bits per heavy atom. The van der Waals surface area contributed by atoms with Crippen LogP contribution in [-0.2, 0) is 0 Å². The van der Waals surface area contributed by atoms with Crippen LogP contribution in [0.1, 0.15) is 47.0 Å². The standard InChI is InChI=1S/C15H24/c1-10(2)13-8-6-12(4)14-7-5-11(3)9-15(13)14/h5,9-10,12-14H,6-8H2,1-4H3. The molecule has 0 amide bonds. The first-order valence-electron chi connectivity index (χ1n) is 6.48. The van der Waals surface area contributed by atoms with E-state index in [-0.39, 0.29) is 0 Å². The highest BCUT2D eigenvalue weighted by molar-refractivity contribution is 5.31. The van der Waals surface area contributed by atoms with Crippen molar-refractivity contribution in [1.29, 1.82) is 0 Å². The Kier molecular flexibility index (Phi) is 3.04. The van der Waals surface area contributed by atoms with Gasteiger partial charge in [-0.3, -0.25) is 0 Å². The van der Waals surface area contributed by atoms with Gasteiger partial charge in [-0.1, -0.05) is 44.1 Å². The van der Waals surface area contributed by atoms with E-state index in [1.807, 2.05) is 0 Å². The Morgan fingerprint density at radius 3 is 2.67 bits per heavy atom. The van der Waals surface area contributed by atoms with Crippen LogP contribution in [-0.4, -0.2) is 0 Å². The van der Waals surface area contributed by atoms with Gasteiger partial charge in [0.1, 0.15) is 0 Å². The second-order valence-corrected chi connectivity index (χ2v) is 5.84. The van der Waals surface area contributed by atoms with Gasteiger partial charge < -0.3 is 0 Å². The summed E-state index contributed by atoms with van der Waals surface area (Å²) < 4.78 is 0. The van der Waals surface area contributed by atoms with Gasteiger partial charge in [0.15, 0.2) is 0 Å². The quantitative estimate of drug-likeness (QED) is 0.586. The Labute approximate surface area is 94.5 Å². The van der Waals surface area contributed by atoms with Crippen LogP contribution in [0, 0.1) is 23.7 Å². The number of allylic oxidation sites excluding steroid dienone is 4. The molecule has 0 radical (unpaired) electrons. The SMILES string of the molecule is CC1=CCC2C(=C1)C(C(C)C)CCC2C. The van der Waals surface area contributed by atoms with Gasteiger partial charge in [-0.05, 0) is 49.9 Å². The Balaban J connectivity index is 2.28. The van der Waals surface area contributed by atoms with Crippen LogP contribution < -0.4 is 0 Å². The molecule has 1 saturated carbocycles. The first-order chi connectivity index (χ1) is 7.09. The number of hydrogen-bond donors (Lipinski definition) is 0. The highest BCUT2D eigenvalue weighted by Gasteiger charge is 2.34. The van der Waals surface area contributed by atoms with E-state index in [0.717, 1.165) is 23.7 Å². The third-order valence-electron chi connectivity index (χ3n) is 4.37. The second kappa shape index (κ2) is 4.15. The topological polar surface area (TPSA) is 0 Å². The van der Waals surface area contributed by atoms with Gasteiger partial charge in [0.2, 0.25) is 0 Å². The fourth-order valence-electron chi connectivity index (χ4n) is 3.35. The summed E-state index contributed by atoms with van der Waals surface area (Å²) in [5.74, 6) is 3.43. The molecule has 0 spiro atoms. The van der Waals surface area contributed by atoms with Gasteiger partial charge in [0, 0.05) is 0 Å². The maximum atomic E-state index is 2.48. The maximum Gasteiger partial charge on any atom is -0.0137 e. The minimum atomic E-state index is 0.817. The van der Waals surface area contributed by atoms with Crippen LogP contribution in [0.4, 0.5) is 0 Å². The smallest absolute Gasteiger partial charge is 0.0137 e. The van der Waals surface area contributed by atoms with Crippen LogP contribution in [0.3, 0.4) is 0 Å². The summed E-state index contributed by atoms with van der Waals surface area (Å²) >= 11 is 0. The molecular weight excluding hydrogens is 180 g/mol. The van der Waals surface area contributed by atoms with Crippen molar-refractivity contribution in [3.8, 4) is 0 Å². The van der Waals surface area contributed by atoms with Gasteiger partial charge in [-0.15, -0.1) is 0 Å². The van der Waals surface area contributed by atoms with Gasteiger partial charge in [-0.25, -0.2) is 0 Å². The molecule has 0 nitrogen and oxygen atoms in total. The lowest BCUT2D eigenvalue weighted by Gasteiger charge is -2.40.